The van der Waals surface area contributed by atoms with Gasteiger partial charge in [0, 0.05) is 23.7 Å². The number of nitrogens with zero attached hydrogens (tertiary/aromatic N) is 1. The van der Waals surface area contributed by atoms with E-state index < -0.39 is 0 Å². The molecule has 0 aromatic rings. The van der Waals surface area contributed by atoms with Crippen LogP contribution in [0.2, 0.25) is 0 Å². The molecule has 2 rings (SSSR count). The maximum Gasteiger partial charge on any atom is 0.221 e. The molecule has 2 aliphatic rings. The van der Waals surface area contributed by atoms with Crippen LogP contribution in [0.4, 0.5) is 0 Å². The predicted octanol–water partition coefficient (Wildman–Crippen LogP) is 1.00. The van der Waals surface area contributed by atoms with Gasteiger partial charge in [-0.15, -0.1) is 0 Å². The lowest BCUT2D eigenvalue weighted by Gasteiger charge is -2.20. The van der Waals surface area contributed by atoms with E-state index in [1.165, 1.54) is 0 Å². The molecule has 15 heavy (non-hydrogen) atoms. The second-order valence-electron chi connectivity index (χ2n) is 3.34. The molecule has 2 aliphatic heterocycles. The van der Waals surface area contributed by atoms with Gasteiger partial charge in [0.2, 0.25) is 5.91 Å². The van der Waals surface area contributed by atoms with Gasteiger partial charge in [-0.2, -0.15) is 0 Å². The van der Waals surface area contributed by atoms with Crippen molar-refractivity contribution in [1.82, 2.24) is 4.90 Å². The second-order valence-corrected chi connectivity index (χ2v) is 3.34. The highest BCUT2D eigenvalue weighted by molar-refractivity contribution is 5.77. The van der Waals surface area contributed by atoms with Gasteiger partial charge in [-0.05, 0) is 12.2 Å². The van der Waals surface area contributed by atoms with E-state index in [-0.39, 0.29) is 12.3 Å². The molecule has 2 heterocycles. The first kappa shape index (κ1) is 9.58. The van der Waals surface area contributed by atoms with Gasteiger partial charge in [0.1, 0.15) is 6.61 Å². The van der Waals surface area contributed by atoms with E-state index in [0.717, 1.165) is 11.3 Å². The summed E-state index contributed by atoms with van der Waals surface area (Å²) >= 11 is 0. The fourth-order valence-electron chi connectivity index (χ4n) is 1.57. The van der Waals surface area contributed by atoms with Crippen molar-refractivity contribution in [2.75, 3.05) is 6.61 Å². The molecule has 0 unspecified atom stereocenters. The molecule has 2 N–H and O–H groups in total. The van der Waals surface area contributed by atoms with Crippen LogP contribution < -0.4 is 5.73 Å². The fraction of sp³-hybridized carbons (Fsp3) is 0.182. The smallest absolute Gasteiger partial charge is 0.221 e. The van der Waals surface area contributed by atoms with Gasteiger partial charge in [-0.25, -0.2) is 0 Å². The summed E-state index contributed by atoms with van der Waals surface area (Å²) in [5.74, 6) is -0.342. The predicted molar refractivity (Wildman–Crippen MR) is 56.0 cm³/mol. The van der Waals surface area contributed by atoms with Crippen LogP contribution >= 0.6 is 0 Å². The monoisotopic (exact) mass is 204 g/mol. The van der Waals surface area contributed by atoms with E-state index in [1.54, 1.807) is 6.26 Å². The Balaban J connectivity index is 2.33. The number of rotatable bonds is 2. The van der Waals surface area contributed by atoms with Crippen LogP contribution in [0.15, 0.2) is 48.2 Å². The van der Waals surface area contributed by atoms with Gasteiger partial charge in [0.25, 0.3) is 0 Å². The van der Waals surface area contributed by atoms with Crippen molar-refractivity contribution in [2.24, 2.45) is 5.73 Å². The first-order valence-corrected chi connectivity index (χ1v) is 4.69. The van der Waals surface area contributed by atoms with Crippen molar-refractivity contribution in [2.45, 2.75) is 6.42 Å². The first-order chi connectivity index (χ1) is 7.27. The largest absolute Gasteiger partial charge is 0.495 e. The highest BCUT2D eigenvalue weighted by Gasteiger charge is 2.15. The number of primary amides is 1. The number of amides is 1. The Kier molecular flexibility index (Phi) is 2.58. The number of ether oxygens (including phenoxy) is 1. The average Bonchev–Trinajstić information content (AvgIpc) is 2.41. The van der Waals surface area contributed by atoms with E-state index in [2.05, 4.69) is 0 Å². The van der Waals surface area contributed by atoms with Gasteiger partial charge in [0.15, 0.2) is 0 Å². The molecule has 4 heteroatoms. The molecule has 0 aliphatic carbocycles. The van der Waals surface area contributed by atoms with Gasteiger partial charge in [0.05, 0.1) is 12.7 Å². The normalized spacial score (nSPS) is 18.5. The molecule has 0 saturated carbocycles. The highest BCUT2D eigenvalue weighted by atomic mass is 16.5. The quantitative estimate of drug-likeness (QED) is 0.730. The number of allylic oxidation sites excluding steroid dienone is 3. The van der Waals surface area contributed by atoms with Crippen LogP contribution in [0.25, 0.3) is 0 Å². The Morgan fingerprint density at radius 2 is 2.33 bits per heavy atom. The number of carbonyl (C=O) groups excluding carboxylic acids is 1. The highest BCUT2D eigenvalue weighted by Crippen LogP contribution is 2.22. The Morgan fingerprint density at radius 3 is 3.13 bits per heavy atom. The lowest BCUT2D eigenvalue weighted by atomic mass is 10.1. The Labute approximate surface area is 88.0 Å². The van der Waals surface area contributed by atoms with E-state index >= 15 is 0 Å². The third kappa shape index (κ3) is 2.10. The SMILES string of the molecule is NC(=O)CC1=C2C=CC=CN2C=COC1. The maximum absolute atomic E-state index is 10.9. The molecule has 0 aromatic carbocycles. The van der Waals surface area contributed by atoms with Crippen LogP contribution in [0, 0.1) is 0 Å². The van der Waals surface area contributed by atoms with Crippen molar-refractivity contribution < 1.29 is 9.53 Å². The van der Waals surface area contributed by atoms with Gasteiger partial charge >= 0.3 is 0 Å². The Morgan fingerprint density at radius 1 is 1.47 bits per heavy atom. The van der Waals surface area contributed by atoms with E-state index in [0.29, 0.717) is 6.61 Å². The Bertz CT molecular complexity index is 391. The van der Waals surface area contributed by atoms with Crippen molar-refractivity contribution in [1.29, 1.82) is 0 Å². The summed E-state index contributed by atoms with van der Waals surface area (Å²) in [7, 11) is 0. The lowest BCUT2D eigenvalue weighted by Crippen LogP contribution is -2.17. The lowest BCUT2D eigenvalue weighted by molar-refractivity contribution is -0.117. The molecule has 0 saturated heterocycles. The summed E-state index contributed by atoms with van der Waals surface area (Å²) in [6, 6.07) is 0. The third-order valence-corrected chi connectivity index (χ3v) is 2.22. The molecule has 0 radical (unpaired) electrons. The zero-order valence-corrected chi connectivity index (χ0v) is 8.22. The number of carbonyl (C=O) groups is 1. The average molecular weight is 204 g/mol. The van der Waals surface area contributed by atoms with Gasteiger partial charge in [-0.3, -0.25) is 4.79 Å². The van der Waals surface area contributed by atoms with Gasteiger partial charge < -0.3 is 15.4 Å². The number of hydrogen-bond donors (Lipinski definition) is 1. The fourth-order valence-corrected chi connectivity index (χ4v) is 1.57. The molecule has 78 valence electrons. The molecule has 0 fully saturated rings. The topological polar surface area (TPSA) is 55.6 Å². The Hall–Kier alpha value is -1.97. The van der Waals surface area contributed by atoms with Crippen molar-refractivity contribution in [3.05, 3.63) is 48.2 Å². The molecule has 0 bridgehead atoms. The minimum Gasteiger partial charge on any atom is -0.495 e. The molecular formula is C11H12N2O2. The maximum atomic E-state index is 10.9. The summed E-state index contributed by atoms with van der Waals surface area (Å²) in [5, 5.41) is 0. The number of fused-ring (bicyclic) bond motifs is 1. The van der Waals surface area contributed by atoms with Crippen LogP contribution in [-0.4, -0.2) is 17.4 Å². The van der Waals surface area contributed by atoms with Gasteiger partial charge in [-0.1, -0.05) is 6.08 Å². The summed E-state index contributed by atoms with van der Waals surface area (Å²) in [4.78, 5) is 12.8. The number of hydrogen-bond acceptors (Lipinski definition) is 3. The third-order valence-electron chi connectivity index (χ3n) is 2.22. The zero-order chi connectivity index (χ0) is 10.7. The molecule has 0 atom stereocenters. The first-order valence-electron chi connectivity index (χ1n) is 4.69. The van der Waals surface area contributed by atoms with Crippen molar-refractivity contribution in [3.8, 4) is 0 Å². The summed E-state index contributed by atoms with van der Waals surface area (Å²) in [6.07, 6.45) is 11.3. The van der Waals surface area contributed by atoms with Crippen molar-refractivity contribution in [3.63, 3.8) is 0 Å². The number of nitrogens with two attached hydrogens (primary N) is 1. The second kappa shape index (κ2) is 4.04. The van der Waals surface area contributed by atoms with E-state index in [1.807, 2.05) is 35.5 Å². The van der Waals surface area contributed by atoms with E-state index in [9.17, 15) is 4.79 Å². The summed E-state index contributed by atoms with van der Waals surface area (Å²) in [5.41, 5.74) is 7.05. The van der Waals surface area contributed by atoms with Crippen molar-refractivity contribution >= 4 is 5.91 Å². The molecule has 1 amide bonds. The summed E-state index contributed by atoms with van der Waals surface area (Å²) in [6.45, 7) is 0.406. The summed E-state index contributed by atoms with van der Waals surface area (Å²) < 4.78 is 5.24. The molecular weight excluding hydrogens is 192 g/mol. The van der Waals surface area contributed by atoms with Crippen LogP contribution in [0.1, 0.15) is 6.42 Å². The van der Waals surface area contributed by atoms with Crippen LogP contribution in [-0.2, 0) is 9.53 Å². The van der Waals surface area contributed by atoms with Crippen LogP contribution in [0.5, 0.6) is 0 Å². The minimum absolute atomic E-state index is 0.228. The van der Waals surface area contributed by atoms with Crippen LogP contribution in [0.3, 0.4) is 0 Å². The van der Waals surface area contributed by atoms with E-state index in [4.69, 9.17) is 10.5 Å². The zero-order valence-electron chi connectivity index (χ0n) is 8.22. The minimum atomic E-state index is -0.342. The standard InChI is InChI=1S/C11H12N2O2/c12-11(14)7-9-8-15-6-5-13-4-2-1-3-10(9)13/h1-6H,7-8H2,(H2,12,14). The molecule has 0 spiro atoms. The molecule has 0 aromatic heterocycles. The molecule has 4 nitrogen and oxygen atoms in total.